The smallest absolute Gasteiger partial charge is 0.264 e. The Morgan fingerprint density at radius 1 is 0.955 bits per heavy atom. The highest BCUT2D eigenvalue weighted by atomic mass is 35.5. The first-order chi connectivity index (χ1) is 21.0. The van der Waals surface area contributed by atoms with E-state index < -0.39 is 28.5 Å². The molecule has 0 spiro atoms. The van der Waals surface area contributed by atoms with Crippen molar-refractivity contribution in [2.24, 2.45) is 0 Å². The number of amides is 2. The SMILES string of the molecule is COc1ccc(S(=O)(=O)N(CC(=O)N(Cc2ccccc2Cl)C(C)C(=O)NC2CCCCC2)c2ccc(C)cc2)cc1OC. The van der Waals surface area contributed by atoms with Crippen molar-refractivity contribution in [1.82, 2.24) is 10.2 Å². The maximum absolute atomic E-state index is 14.2. The molecule has 4 rings (SSSR count). The zero-order valence-corrected chi connectivity index (χ0v) is 27.2. The minimum Gasteiger partial charge on any atom is -0.493 e. The highest BCUT2D eigenvalue weighted by Crippen LogP contribution is 2.32. The molecule has 0 aliphatic heterocycles. The van der Waals surface area contributed by atoms with Crippen molar-refractivity contribution in [2.45, 2.75) is 69.5 Å². The number of rotatable bonds is 12. The maximum Gasteiger partial charge on any atom is 0.264 e. The van der Waals surface area contributed by atoms with Crippen LogP contribution in [0.25, 0.3) is 0 Å². The van der Waals surface area contributed by atoms with E-state index in [1.54, 1.807) is 55.5 Å². The number of nitrogens with zero attached hydrogens (tertiary/aromatic N) is 2. The van der Waals surface area contributed by atoms with Crippen LogP contribution in [0, 0.1) is 6.92 Å². The van der Waals surface area contributed by atoms with E-state index in [9.17, 15) is 18.0 Å². The van der Waals surface area contributed by atoms with Crippen molar-refractivity contribution in [3.8, 4) is 11.5 Å². The zero-order valence-electron chi connectivity index (χ0n) is 25.6. The molecule has 1 atom stereocenters. The van der Waals surface area contributed by atoms with Gasteiger partial charge in [0.1, 0.15) is 12.6 Å². The number of carbonyl (C=O) groups is 2. The lowest BCUT2D eigenvalue weighted by molar-refractivity contribution is -0.139. The van der Waals surface area contributed by atoms with Crippen LogP contribution < -0.4 is 19.1 Å². The summed E-state index contributed by atoms with van der Waals surface area (Å²) < 4.78 is 40.1. The van der Waals surface area contributed by atoms with E-state index in [2.05, 4.69) is 5.32 Å². The molecule has 0 radical (unpaired) electrons. The van der Waals surface area contributed by atoms with Gasteiger partial charge in [0.05, 0.1) is 24.8 Å². The van der Waals surface area contributed by atoms with E-state index in [4.69, 9.17) is 21.1 Å². The Morgan fingerprint density at radius 3 is 2.25 bits per heavy atom. The molecular formula is C33H40ClN3O6S. The zero-order chi connectivity index (χ0) is 31.9. The van der Waals surface area contributed by atoms with Crippen LogP contribution in [0.2, 0.25) is 5.02 Å². The third-order valence-corrected chi connectivity index (χ3v) is 10.1. The van der Waals surface area contributed by atoms with Crippen LogP contribution in [0.3, 0.4) is 0 Å². The van der Waals surface area contributed by atoms with Gasteiger partial charge in [-0.15, -0.1) is 0 Å². The summed E-state index contributed by atoms with van der Waals surface area (Å²) in [5.74, 6) is -0.243. The lowest BCUT2D eigenvalue weighted by atomic mass is 9.95. The minimum atomic E-state index is -4.28. The molecule has 1 saturated carbocycles. The Hall–Kier alpha value is -3.76. The number of benzene rings is 3. The van der Waals surface area contributed by atoms with Crippen LogP contribution in [0.15, 0.2) is 71.6 Å². The first-order valence-electron chi connectivity index (χ1n) is 14.7. The van der Waals surface area contributed by atoms with Crippen molar-refractivity contribution in [1.29, 1.82) is 0 Å². The second kappa shape index (κ2) is 14.8. The third kappa shape index (κ3) is 7.84. The van der Waals surface area contributed by atoms with Crippen molar-refractivity contribution >= 4 is 39.1 Å². The lowest BCUT2D eigenvalue weighted by Gasteiger charge is -2.33. The van der Waals surface area contributed by atoms with E-state index in [0.29, 0.717) is 22.0 Å². The average molecular weight is 642 g/mol. The molecule has 3 aromatic carbocycles. The molecule has 0 heterocycles. The Kier molecular flexibility index (Phi) is 11.2. The maximum atomic E-state index is 14.2. The molecule has 9 nitrogen and oxygen atoms in total. The highest BCUT2D eigenvalue weighted by Gasteiger charge is 2.34. The van der Waals surface area contributed by atoms with E-state index in [0.717, 1.165) is 42.0 Å². The van der Waals surface area contributed by atoms with E-state index >= 15 is 0 Å². The van der Waals surface area contributed by atoms with Crippen molar-refractivity contribution < 1.29 is 27.5 Å². The Labute approximate surface area is 265 Å². The molecule has 236 valence electrons. The molecular weight excluding hydrogens is 602 g/mol. The average Bonchev–Trinajstić information content (AvgIpc) is 3.03. The normalized spacial score (nSPS) is 14.4. The van der Waals surface area contributed by atoms with E-state index in [1.165, 1.54) is 37.3 Å². The topological polar surface area (TPSA) is 105 Å². The van der Waals surface area contributed by atoms with Gasteiger partial charge in [-0.1, -0.05) is 66.8 Å². The molecule has 1 unspecified atom stereocenters. The van der Waals surface area contributed by atoms with Crippen molar-refractivity contribution in [3.63, 3.8) is 0 Å². The predicted octanol–water partition coefficient (Wildman–Crippen LogP) is 5.73. The number of methoxy groups -OCH3 is 2. The molecule has 1 fully saturated rings. The van der Waals surface area contributed by atoms with E-state index in [-0.39, 0.29) is 29.1 Å². The van der Waals surface area contributed by atoms with Crippen molar-refractivity contribution in [2.75, 3.05) is 25.1 Å². The quantitative estimate of drug-likeness (QED) is 0.271. The van der Waals surface area contributed by atoms with Crippen LogP contribution in [0.4, 0.5) is 5.69 Å². The summed E-state index contributed by atoms with van der Waals surface area (Å²) >= 11 is 6.47. The summed E-state index contributed by atoms with van der Waals surface area (Å²) in [5, 5.41) is 3.54. The van der Waals surface area contributed by atoms with Gasteiger partial charge in [0.15, 0.2) is 11.5 Å². The Morgan fingerprint density at radius 2 is 1.61 bits per heavy atom. The number of nitrogens with one attached hydrogen (secondary N) is 1. The monoisotopic (exact) mass is 641 g/mol. The molecule has 1 aliphatic rings. The van der Waals surface area contributed by atoms with Gasteiger partial charge in [0.2, 0.25) is 11.8 Å². The Balaban J connectivity index is 1.71. The van der Waals surface area contributed by atoms with E-state index in [1.807, 2.05) is 6.92 Å². The molecule has 44 heavy (non-hydrogen) atoms. The minimum absolute atomic E-state index is 0.0237. The van der Waals surface area contributed by atoms with Crippen LogP contribution in [-0.4, -0.2) is 58.0 Å². The molecule has 0 bridgehead atoms. The van der Waals surface area contributed by atoms with Gasteiger partial charge in [-0.2, -0.15) is 0 Å². The number of hydrogen-bond acceptors (Lipinski definition) is 6. The fourth-order valence-electron chi connectivity index (χ4n) is 5.31. The van der Waals surface area contributed by atoms with Gasteiger partial charge in [0.25, 0.3) is 10.0 Å². The number of halogens is 1. The second-order valence-corrected chi connectivity index (χ2v) is 13.3. The van der Waals surface area contributed by atoms with Gasteiger partial charge in [-0.3, -0.25) is 13.9 Å². The summed E-state index contributed by atoms with van der Waals surface area (Å²) in [4.78, 5) is 29.0. The number of anilines is 1. The fraction of sp³-hybridized carbons (Fsp3) is 0.394. The fourth-order valence-corrected chi connectivity index (χ4v) is 6.93. The van der Waals surface area contributed by atoms with Crippen LogP contribution >= 0.6 is 11.6 Å². The number of sulfonamides is 1. The first-order valence-corrected chi connectivity index (χ1v) is 16.5. The second-order valence-electron chi connectivity index (χ2n) is 11.0. The summed E-state index contributed by atoms with van der Waals surface area (Å²) in [7, 11) is -1.40. The van der Waals surface area contributed by atoms with Gasteiger partial charge >= 0.3 is 0 Å². The summed E-state index contributed by atoms with van der Waals surface area (Å²) in [6.07, 6.45) is 5.01. The molecule has 2 amide bonds. The predicted molar refractivity (Wildman–Crippen MR) is 172 cm³/mol. The summed E-state index contributed by atoms with van der Waals surface area (Å²) in [6, 6.07) is 17.4. The molecule has 1 aliphatic carbocycles. The van der Waals surface area contributed by atoms with Crippen molar-refractivity contribution in [3.05, 3.63) is 82.9 Å². The van der Waals surface area contributed by atoms with Gasteiger partial charge in [-0.25, -0.2) is 8.42 Å². The summed E-state index contributed by atoms with van der Waals surface area (Å²) in [5.41, 5.74) is 1.87. The molecule has 11 heteroatoms. The number of carbonyl (C=O) groups excluding carboxylic acids is 2. The number of ether oxygens (including phenoxy) is 2. The van der Waals surface area contributed by atoms with Gasteiger partial charge < -0.3 is 19.7 Å². The van der Waals surface area contributed by atoms with Crippen LogP contribution in [0.1, 0.15) is 50.2 Å². The molecule has 0 aromatic heterocycles. The van der Waals surface area contributed by atoms with Gasteiger partial charge in [-0.05, 0) is 62.6 Å². The Bertz CT molecular complexity index is 1560. The standard InChI is InChI=1S/C33H40ClN3O6S/c1-23-14-16-27(17-15-23)37(44(40,41)28-18-19-30(42-3)31(20-28)43-4)22-32(38)36(21-25-10-8-9-13-29(25)34)24(2)33(39)35-26-11-6-5-7-12-26/h8-10,13-20,24,26H,5-7,11-12,21-22H2,1-4H3,(H,35,39). The molecule has 1 N–H and O–H groups in total. The third-order valence-electron chi connectivity index (χ3n) is 7.96. The lowest BCUT2D eigenvalue weighted by Crippen LogP contribution is -2.53. The number of hydrogen-bond donors (Lipinski definition) is 1. The molecule has 0 saturated heterocycles. The molecule has 3 aromatic rings. The van der Waals surface area contributed by atoms with Crippen LogP contribution in [-0.2, 0) is 26.2 Å². The van der Waals surface area contributed by atoms with Crippen LogP contribution in [0.5, 0.6) is 11.5 Å². The number of aryl methyl sites for hydroxylation is 1. The first kappa shape index (κ1) is 33.1. The van der Waals surface area contributed by atoms with Gasteiger partial charge in [0, 0.05) is 23.7 Å². The summed E-state index contributed by atoms with van der Waals surface area (Å²) in [6.45, 7) is 3.02. The largest absolute Gasteiger partial charge is 0.493 e. The highest BCUT2D eigenvalue weighted by molar-refractivity contribution is 7.92.